The van der Waals surface area contributed by atoms with Crippen LogP contribution in [0.15, 0.2) is 36.5 Å². The molecule has 22 heavy (non-hydrogen) atoms. The van der Waals surface area contributed by atoms with Crippen LogP contribution in [0.2, 0.25) is 0 Å². The third kappa shape index (κ3) is 23.7. The summed E-state index contributed by atoms with van der Waals surface area (Å²) in [6, 6.07) is 0. The van der Waals surface area contributed by atoms with Crippen LogP contribution in [0.3, 0.4) is 0 Å². The summed E-state index contributed by atoms with van der Waals surface area (Å²) < 4.78 is 0. The summed E-state index contributed by atoms with van der Waals surface area (Å²) in [6.45, 7) is 2.15. The number of carboxylic acids is 1. The fraction of sp³-hybridized carbons (Fsp3) is 0.611. The quantitative estimate of drug-likeness (QED) is 0.177. The molecule has 0 bridgehead atoms. The van der Waals surface area contributed by atoms with Gasteiger partial charge in [0.05, 0.1) is 0 Å². The Morgan fingerprint density at radius 3 is 1.86 bits per heavy atom. The zero-order chi connectivity index (χ0) is 16.9. The van der Waals surface area contributed by atoms with Crippen molar-refractivity contribution < 1.29 is 20.4 Å². The average Bonchev–Trinajstić information content (AvgIpc) is 2.53. The molecule has 0 aliphatic rings. The Hall–Kier alpha value is -1.39. The molecule has 0 aliphatic carbocycles. The third-order valence-electron chi connectivity index (χ3n) is 3.04. The van der Waals surface area contributed by atoms with Crippen molar-refractivity contribution in [2.75, 3.05) is 0 Å². The van der Waals surface area contributed by atoms with E-state index in [1.165, 1.54) is 12.8 Å². The Bertz CT molecular complexity index is 306. The van der Waals surface area contributed by atoms with Crippen LogP contribution in [-0.2, 0) is 4.79 Å². The first-order valence-corrected chi connectivity index (χ1v) is 8.14. The molecule has 0 heterocycles. The molecule has 0 unspecified atom stereocenters. The van der Waals surface area contributed by atoms with E-state index in [1.807, 2.05) is 0 Å². The molecule has 0 saturated heterocycles. The molecular weight excluding hydrogens is 280 g/mol. The molecule has 0 fully saturated rings. The van der Waals surface area contributed by atoms with Crippen molar-refractivity contribution >= 4 is 5.97 Å². The van der Waals surface area contributed by atoms with Gasteiger partial charge in [-0.15, -0.1) is 0 Å². The summed E-state index contributed by atoms with van der Waals surface area (Å²) in [4.78, 5) is 10.3. The van der Waals surface area contributed by atoms with Crippen LogP contribution in [0.4, 0.5) is 0 Å². The number of carbonyl (C=O) groups is 1. The van der Waals surface area contributed by atoms with Crippen molar-refractivity contribution in [3.63, 3.8) is 0 Å². The second kappa shape index (κ2) is 21.9. The lowest BCUT2D eigenvalue weighted by molar-refractivity contribution is -0.176. The number of rotatable bonds is 13. The topological polar surface area (TPSA) is 77.8 Å². The predicted octanol–water partition coefficient (Wildman–Crippen LogP) is 5.68. The minimum atomic E-state index is -0.675. The standard InChI is InChI=1S/C18H30O2.H2O2/c1-2-3-4-5-6-7-8-9-10-11-12-13-14-15-16-17-18(19)20;1-2/h3-4,6-7,9-10H,2,5,8,11-17H2,1H3,(H,19,20);1-2H/b4-3-,7-6-,10-9-;. The minimum Gasteiger partial charge on any atom is -0.481 e. The highest BCUT2D eigenvalue weighted by Crippen LogP contribution is 2.07. The van der Waals surface area contributed by atoms with Gasteiger partial charge in [-0.1, -0.05) is 62.6 Å². The van der Waals surface area contributed by atoms with Crippen LogP contribution < -0.4 is 0 Å². The van der Waals surface area contributed by atoms with E-state index in [1.54, 1.807) is 0 Å². The highest BCUT2D eigenvalue weighted by Gasteiger charge is 1.95. The number of hydrogen-bond donors (Lipinski definition) is 3. The molecule has 0 aromatic carbocycles. The summed E-state index contributed by atoms with van der Waals surface area (Å²) in [5.41, 5.74) is 0. The lowest BCUT2D eigenvalue weighted by Crippen LogP contribution is -1.93. The van der Waals surface area contributed by atoms with Crippen LogP contribution in [0.5, 0.6) is 0 Å². The van der Waals surface area contributed by atoms with Gasteiger partial charge in [-0.05, 0) is 38.5 Å². The number of allylic oxidation sites excluding steroid dienone is 6. The van der Waals surface area contributed by atoms with Gasteiger partial charge in [-0.25, -0.2) is 0 Å². The molecular formula is C18H32O4. The molecule has 0 amide bonds. The zero-order valence-corrected chi connectivity index (χ0v) is 13.8. The Morgan fingerprint density at radius 2 is 1.27 bits per heavy atom. The normalized spacial score (nSPS) is 11.2. The Kier molecular flexibility index (Phi) is 22.8. The van der Waals surface area contributed by atoms with Crippen molar-refractivity contribution in [2.45, 2.75) is 71.1 Å². The molecule has 4 nitrogen and oxygen atoms in total. The van der Waals surface area contributed by atoms with Gasteiger partial charge < -0.3 is 5.11 Å². The molecule has 0 atom stereocenters. The Balaban J connectivity index is 0. The summed E-state index contributed by atoms with van der Waals surface area (Å²) in [5.74, 6) is -0.675. The van der Waals surface area contributed by atoms with Gasteiger partial charge >= 0.3 is 5.97 Å². The molecule has 0 saturated carbocycles. The molecule has 0 aliphatic heterocycles. The molecule has 3 N–H and O–H groups in total. The predicted molar refractivity (Wildman–Crippen MR) is 92.2 cm³/mol. The maximum Gasteiger partial charge on any atom is 0.303 e. The van der Waals surface area contributed by atoms with Crippen molar-refractivity contribution in [1.29, 1.82) is 0 Å². The second-order valence-corrected chi connectivity index (χ2v) is 4.99. The van der Waals surface area contributed by atoms with Crippen LogP contribution in [-0.4, -0.2) is 21.6 Å². The molecule has 128 valence electrons. The van der Waals surface area contributed by atoms with Gasteiger partial charge in [0.2, 0.25) is 0 Å². The fourth-order valence-corrected chi connectivity index (χ4v) is 1.90. The van der Waals surface area contributed by atoms with Crippen LogP contribution in [0, 0.1) is 0 Å². The van der Waals surface area contributed by atoms with Gasteiger partial charge in [0.15, 0.2) is 0 Å². The summed E-state index contributed by atoms with van der Waals surface area (Å²) in [7, 11) is 0. The van der Waals surface area contributed by atoms with E-state index in [-0.39, 0.29) is 0 Å². The Morgan fingerprint density at radius 1 is 0.773 bits per heavy atom. The van der Waals surface area contributed by atoms with Crippen molar-refractivity contribution in [1.82, 2.24) is 0 Å². The van der Waals surface area contributed by atoms with E-state index in [0.717, 1.165) is 44.9 Å². The first-order chi connectivity index (χ1) is 10.8. The van der Waals surface area contributed by atoms with Crippen molar-refractivity contribution in [2.24, 2.45) is 0 Å². The number of aliphatic carboxylic acids is 1. The maximum absolute atomic E-state index is 10.3. The van der Waals surface area contributed by atoms with Crippen molar-refractivity contribution in [3.8, 4) is 0 Å². The van der Waals surface area contributed by atoms with Crippen LogP contribution in [0.1, 0.15) is 71.1 Å². The molecule has 0 spiro atoms. The molecule has 0 aromatic rings. The first kappa shape index (κ1) is 22.9. The SMILES string of the molecule is CC/C=C\C/C=C\C/C=C\CCCCCCCC(=O)O.OO. The second-order valence-electron chi connectivity index (χ2n) is 4.99. The van der Waals surface area contributed by atoms with E-state index in [0.29, 0.717) is 6.42 Å². The monoisotopic (exact) mass is 312 g/mol. The highest BCUT2D eigenvalue weighted by atomic mass is 17.0. The smallest absolute Gasteiger partial charge is 0.303 e. The molecule has 0 radical (unpaired) electrons. The van der Waals surface area contributed by atoms with Gasteiger partial charge in [0, 0.05) is 6.42 Å². The summed E-state index contributed by atoms with van der Waals surface area (Å²) in [6.07, 6.45) is 23.4. The van der Waals surface area contributed by atoms with Gasteiger partial charge in [0.1, 0.15) is 0 Å². The van der Waals surface area contributed by atoms with E-state index in [9.17, 15) is 4.79 Å². The summed E-state index contributed by atoms with van der Waals surface area (Å²) >= 11 is 0. The van der Waals surface area contributed by atoms with Crippen LogP contribution >= 0.6 is 0 Å². The fourth-order valence-electron chi connectivity index (χ4n) is 1.90. The lowest BCUT2D eigenvalue weighted by Gasteiger charge is -1.98. The number of carboxylic acid groups (broad SMARTS) is 1. The van der Waals surface area contributed by atoms with Gasteiger partial charge in [-0.2, -0.15) is 0 Å². The third-order valence-corrected chi connectivity index (χ3v) is 3.04. The Labute approximate surface area is 134 Å². The van der Waals surface area contributed by atoms with E-state index >= 15 is 0 Å². The molecule has 0 aromatic heterocycles. The van der Waals surface area contributed by atoms with E-state index in [2.05, 4.69) is 43.4 Å². The zero-order valence-electron chi connectivity index (χ0n) is 13.8. The summed E-state index contributed by atoms with van der Waals surface area (Å²) in [5, 5.41) is 20.5. The lowest BCUT2D eigenvalue weighted by atomic mass is 10.1. The van der Waals surface area contributed by atoms with Crippen LogP contribution in [0.25, 0.3) is 0 Å². The van der Waals surface area contributed by atoms with Gasteiger partial charge in [-0.3, -0.25) is 15.3 Å². The molecule has 0 rings (SSSR count). The van der Waals surface area contributed by atoms with E-state index < -0.39 is 5.97 Å². The van der Waals surface area contributed by atoms with Gasteiger partial charge in [0.25, 0.3) is 0 Å². The average molecular weight is 312 g/mol. The van der Waals surface area contributed by atoms with Crippen molar-refractivity contribution in [3.05, 3.63) is 36.5 Å². The maximum atomic E-state index is 10.3. The minimum absolute atomic E-state index is 0.319. The van der Waals surface area contributed by atoms with E-state index in [4.69, 9.17) is 15.6 Å². The molecule has 4 heteroatoms. The largest absolute Gasteiger partial charge is 0.481 e. The highest BCUT2D eigenvalue weighted by molar-refractivity contribution is 5.66. The first-order valence-electron chi connectivity index (χ1n) is 8.14. The number of unbranched alkanes of at least 4 members (excludes halogenated alkanes) is 5. The number of hydrogen-bond acceptors (Lipinski definition) is 3.